The van der Waals surface area contributed by atoms with Gasteiger partial charge in [-0.05, 0) is 43.9 Å². The maximum absolute atomic E-state index is 10.9. The Labute approximate surface area is 92.0 Å². The Balaban J connectivity index is 2.64. The fourth-order valence-corrected chi connectivity index (χ4v) is 2.76. The van der Waals surface area contributed by atoms with Crippen LogP contribution in [0.25, 0.3) is 0 Å². The van der Waals surface area contributed by atoms with Crippen molar-refractivity contribution < 1.29 is 9.90 Å². The van der Waals surface area contributed by atoms with Crippen LogP contribution in [0.5, 0.6) is 0 Å². The molecule has 1 atom stereocenters. The first kappa shape index (κ1) is 12.5. The molecule has 0 radical (unpaired) electrons. The molecule has 1 rings (SSSR count). The number of rotatable bonds is 4. The molecule has 0 aromatic rings. The summed E-state index contributed by atoms with van der Waals surface area (Å²) in [5.74, 6) is 0.0768. The van der Waals surface area contributed by atoms with Crippen LogP contribution in [0.4, 0.5) is 0 Å². The third kappa shape index (κ3) is 2.94. The Morgan fingerprint density at radius 3 is 2.40 bits per heavy atom. The van der Waals surface area contributed by atoms with Crippen LogP contribution >= 0.6 is 0 Å². The molecule has 0 saturated heterocycles. The predicted molar refractivity (Wildman–Crippen MR) is 60.6 cm³/mol. The molecule has 0 amide bonds. The third-order valence-electron chi connectivity index (χ3n) is 4.15. The third-order valence-corrected chi connectivity index (χ3v) is 4.15. The van der Waals surface area contributed by atoms with Gasteiger partial charge in [-0.15, -0.1) is 0 Å². The number of carboxylic acids is 1. The molecule has 0 aromatic heterocycles. The van der Waals surface area contributed by atoms with Crippen LogP contribution in [0.15, 0.2) is 0 Å². The first-order valence-electron chi connectivity index (χ1n) is 5.97. The summed E-state index contributed by atoms with van der Waals surface area (Å²) in [6.07, 6.45) is 5.70. The second-order valence-electron chi connectivity index (χ2n) is 5.07. The lowest BCUT2D eigenvalue weighted by molar-refractivity contribution is -0.141. The van der Waals surface area contributed by atoms with E-state index in [1.165, 1.54) is 6.42 Å². The van der Waals surface area contributed by atoms with E-state index in [2.05, 4.69) is 6.92 Å². The van der Waals surface area contributed by atoms with E-state index in [0.29, 0.717) is 0 Å². The average Bonchev–Trinajstić information content (AvgIpc) is 2.17. The molecule has 88 valence electrons. The van der Waals surface area contributed by atoms with Gasteiger partial charge in [-0.2, -0.15) is 0 Å². The van der Waals surface area contributed by atoms with Gasteiger partial charge in [0.2, 0.25) is 0 Å². The molecule has 15 heavy (non-hydrogen) atoms. The van der Waals surface area contributed by atoms with E-state index in [4.69, 9.17) is 10.8 Å². The fraction of sp³-hybridized carbons (Fsp3) is 0.917. The minimum atomic E-state index is -0.706. The highest BCUT2D eigenvalue weighted by Gasteiger charge is 2.39. The maximum Gasteiger partial charge on any atom is 0.303 e. The summed E-state index contributed by atoms with van der Waals surface area (Å²) in [6.45, 7) is 4.16. The molecule has 1 saturated carbocycles. The highest BCUT2D eigenvalue weighted by atomic mass is 16.4. The lowest BCUT2D eigenvalue weighted by Gasteiger charge is -2.42. The average molecular weight is 213 g/mol. The summed E-state index contributed by atoms with van der Waals surface area (Å²) in [6, 6.07) is -0.00796. The second kappa shape index (κ2) is 4.97. The van der Waals surface area contributed by atoms with Crippen molar-refractivity contribution in [2.24, 2.45) is 17.1 Å². The van der Waals surface area contributed by atoms with Crippen LogP contribution < -0.4 is 5.73 Å². The van der Waals surface area contributed by atoms with Crippen LogP contribution in [0.3, 0.4) is 0 Å². The van der Waals surface area contributed by atoms with Gasteiger partial charge in [0, 0.05) is 6.04 Å². The van der Waals surface area contributed by atoms with Crippen LogP contribution in [-0.2, 0) is 4.79 Å². The number of carbonyl (C=O) groups is 1. The standard InChI is InChI=1S/C12H23NO2/c1-3-10-4-6-12(7-5-10,9(2)13)8-11(14)15/h9-10H,3-8,13H2,1-2H3,(H,14,15). The summed E-state index contributed by atoms with van der Waals surface area (Å²) in [7, 11) is 0. The van der Waals surface area contributed by atoms with E-state index in [-0.39, 0.29) is 17.9 Å². The van der Waals surface area contributed by atoms with E-state index in [1.807, 2.05) is 6.92 Å². The molecule has 1 aliphatic rings. The first-order chi connectivity index (χ1) is 7.00. The van der Waals surface area contributed by atoms with Crippen molar-refractivity contribution in [3.05, 3.63) is 0 Å². The number of hydrogen-bond acceptors (Lipinski definition) is 2. The Bertz CT molecular complexity index is 218. The van der Waals surface area contributed by atoms with E-state index in [9.17, 15) is 4.79 Å². The van der Waals surface area contributed by atoms with Gasteiger partial charge in [0.25, 0.3) is 0 Å². The van der Waals surface area contributed by atoms with Gasteiger partial charge in [0.15, 0.2) is 0 Å². The van der Waals surface area contributed by atoms with Gasteiger partial charge in [-0.1, -0.05) is 13.3 Å². The van der Waals surface area contributed by atoms with E-state index < -0.39 is 5.97 Å². The predicted octanol–water partition coefficient (Wildman–Crippen LogP) is 2.39. The molecule has 0 spiro atoms. The Hall–Kier alpha value is -0.570. The fourth-order valence-electron chi connectivity index (χ4n) is 2.76. The van der Waals surface area contributed by atoms with Gasteiger partial charge >= 0.3 is 5.97 Å². The summed E-state index contributed by atoms with van der Waals surface area (Å²) in [5, 5.41) is 8.95. The molecule has 3 heteroatoms. The lowest BCUT2D eigenvalue weighted by Crippen LogP contribution is -2.43. The van der Waals surface area contributed by atoms with Gasteiger partial charge in [0.1, 0.15) is 0 Å². The minimum Gasteiger partial charge on any atom is -0.481 e. The zero-order chi connectivity index (χ0) is 11.5. The molecule has 1 unspecified atom stereocenters. The van der Waals surface area contributed by atoms with E-state index >= 15 is 0 Å². The smallest absolute Gasteiger partial charge is 0.303 e. The SMILES string of the molecule is CCC1CCC(CC(=O)O)(C(C)N)CC1. The van der Waals surface area contributed by atoms with Crippen LogP contribution in [0.1, 0.15) is 52.4 Å². The summed E-state index contributed by atoms with van der Waals surface area (Å²) < 4.78 is 0. The molecule has 0 aromatic carbocycles. The lowest BCUT2D eigenvalue weighted by atomic mass is 9.65. The van der Waals surface area contributed by atoms with Crippen molar-refractivity contribution in [1.29, 1.82) is 0 Å². The summed E-state index contributed by atoms with van der Waals surface area (Å²) in [5.41, 5.74) is 5.83. The zero-order valence-corrected chi connectivity index (χ0v) is 9.83. The highest BCUT2D eigenvalue weighted by molar-refractivity contribution is 5.67. The van der Waals surface area contributed by atoms with Crippen molar-refractivity contribution in [3.8, 4) is 0 Å². The second-order valence-corrected chi connectivity index (χ2v) is 5.07. The minimum absolute atomic E-state index is 0.00796. The van der Waals surface area contributed by atoms with E-state index in [1.54, 1.807) is 0 Å². The van der Waals surface area contributed by atoms with Gasteiger partial charge < -0.3 is 10.8 Å². The van der Waals surface area contributed by atoms with Crippen molar-refractivity contribution in [3.63, 3.8) is 0 Å². The summed E-state index contributed by atoms with van der Waals surface area (Å²) >= 11 is 0. The van der Waals surface area contributed by atoms with Gasteiger partial charge in [0.05, 0.1) is 6.42 Å². The molecule has 3 nitrogen and oxygen atoms in total. The monoisotopic (exact) mass is 213 g/mol. The number of nitrogens with two attached hydrogens (primary N) is 1. The maximum atomic E-state index is 10.9. The highest BCUT2D eigenvalue weighted by Crippen LogP contribution is 2.44. The molecule has 3 N–H and O–H groups in total. The Morgan fingerprint density at radius 1 is 1.53 bits per heavy atom. The normalized spacial score (nSPS) is 33.7. The first-order valence-corrected chi connectivity index (χ1v) is 5.97. The zero-order valence-electron chi connectivity index (χ0n) is 9.83. The van der Waals surface area contributed by atoms with Gasteiger partial charge in [-0.25, -0.2) is 0 Å². The number of hydrogen-bond donors (Lipinski definition) is 2. The van der Waals surface area contributed by atoms with E-state index in [0.717, 1.165) is 31.6 Å². The van der Waals surface area contributed by atoms with Crippen LogP contribution in [-0.4, -0.2) is 17.1 Å². The van der Waals surface area contributed by atoms with Crippen molar-refractivity contribution in [2.45, 2.75) is 58.4 Å². The van der Waals surface area contributed by atoms with Crippen molar-refractivity contribution >= 4 is 5.97 Å². The molecule has 0 aliphatic heterocycles. The molecular weight excluding hydrogens is 190 g/mol. The van der Waals surface area contributed by atoms with Gasteiger partial charge in [-0.3, -0.25) is 4.79 Å². The number of aliphatic carboxylic acids is 1. The quantitative estimate of drug-likeness (QED) is 0.753. The molecule has 1 fully saturated rings. The topological polar surface area (TPSA) is 63.3 Å². The Kier molecular flexibility index (Phi) is 4.14. The summed E-state index contributed by atoms with van der Waals surface area (Å²) in [4.78, 5) is 10.9. The van der Waals surface area contributed by atoms with Crippen LogP contribution in [0, 0.1) is 11.3 Å². The van der Waals surface area contributed by atoms with Crippen molar-refractivity contribution in [1.82, 2.24) is 0 Å². The van der Waals surface area contributed by atoms with Crippen LogP contribution in [0.2, 0.25) is 0 Å². The number of carboxylic acid groups (broad SMARTS) is 1. The molecular formula is C12H23NO2. The molecule has 0 bridgehead atoms. The van der Waals surface area contributed by atoms with Crippen molar-refractivity contribution in [2.75, 3.05) is 0 Å². The molecule has 0 heterocycles. The largest absolute Gasteiger partial charge is 0.481 e. The molecule has 1 aliphatic carbocycles. The Morgan fingerprint density at radius 2 is 2.07 bits per heavy atom.